The molecule has 0 radical (unpaired) electrons. The van der Waals surface area contributed by atoms with Crippen LogP contribution < -0.4 is 0 Å². The molecule has 1 aliphatic heterocycles. The van der Waals surface area contributed by atoms with Crippen molar-refractivity contribution in [1.82, 2.24) is 4.90 Å². The molecular formula is C12H23NO3. The van der Waals surface area contributed by atoms with E-state index in [2.05, 4.69) is 25.7 Å². The van der Waals surface area contributed by atoms with Crippen LogP contribution in [0.3, 0.4) is 0 Å². The minimum absolute atomic E-state index is 0.161. The molecule has 4 heteroatoms. The van der Waals surface area contributed by atoms with Gasteiger partial charge in [-0.3, -0.25) is 9.69 Å². The lowest BCUT2D eigenvalue weighted by molar-refractivity contribution is -0.139. The molecule has 0 aromatic heterocycles. The first kappa shape index (κ1) is 13.5. The van der Waals surface area contributed by atoms with Crippen molar-refractivity contribution in [3.05, 3.63) is 0 Å². The summed E-state index contributed by atoms with van der Waals surface area (Å²) in [6.07, 6.45) is 0.302. The number of rotatable bonds is 4. The van der Waals surface area contributed by atoms with Crippen LogP contribution in [-0.4, -0.2) is 46.3 Å². The summed E-state index contributed by atoms with van der Waals surface area (Å²) in [5.41, 5.74) is 0. The Labute approximate surface area is 97.3 Å². The van der Waals surface area contributed by atoms with Gasteiger partial charge in [0.1, 0.15) is 0 Å². The molecule has 1 saturated heterocycles. The highest BCUT2D eigenvalue weighted by Crippen LogP contribution is 2.26. The van der Waals surface area contributed by atoms with Crippen LogP contribution in [0.5, 0.6) is 0 Å². The Hall–Kier alpha value is -0.610. The lowest BCUT2D eigenvalue weighted by atomic mass is 9.86. The van der Waals surface area contributed by atoms with E-state index in [9.17, 15) is 9.90 Å². The van der Waals surface area contributed by atoms with E-state index in [1.165, 1.54) is 6.42 Å². The molecule has 1 aliphatic rings. The third-order valence-electron chi connectivity index (χ3n) is 3.58. The summed E-state index contributed by atoms with van der Waals surface area (Å²) in [7, 11) is 0. The Morgan fingerprint density at radius 1 is 1.44 bits per heavy atom. The molecule has 0 spiro atoms. The van der Waals surface area contributed by atoms with Crippen molar-refractivity contribution in [3.63, 3.8) is 0 Å². The monoisotopic (exact) mass is 229 g/mol. The number of carboxylic acids is 1. The predicted octanol–water partition coefficient (Wildman–Crippen LogP) is 1.19. The fourth-order valence-corrected chi connectivity index (χ4v) is 2.61. The normalized spacial score (nSPS) is 33.6. The molecule has 4 unspecified atom stereocenters. The molecule has 4 atom stereocenters. The Morgan fingerprint density at radius 3 is 2.62 bits per heavy atom. The van der Waals surface area contributed by atoms with Gasteiger partial charge in [0.05, 0.1) is 12.5 Å². The van der Waals surface area contributed by atoms with Crippen LogP contribution in [0.4, 0.5) is 0 Å². The van der Waals surface area contributed by atoms with Gasteiger partial charge in [-0.2, -0.15) is 0 Å². The Kier molecular flexibility index (Phi) is 4.74. The number of likely N-dealkylation sites (tertiary alicyclic amines) is 1. The first-order valence-electron chi connectivity index (χ1n) is 6.04. The standard InChI is InChI=1S/C12H23NO3/c1-8-4-9(2)10(3)13(6-8)7-11(14)5-12(15)16/h8-11,14H,4-7H2,1-3H3,(H,15,16). The minimum Gasteiger partial charge on any atom is -0.481 e. The van der Waals surface area contributed by atoms with Crippen molar-refractivity contribution >= 4 is 5.97 Å². The second-order valence-electron chi connectivity index (χ2n) is 5.26. The number of hydrogen-bond donors (Lipinski definition) is 2. The molecule has 16 heavy (non-hydrogen) atoms. The molecule has 0 bridgehead atoms. The first-order valence-corrected chi connectivity index (χ1v) is 6.04. The van der Waals surface area contributed by atoms with E-state index in [1.807, 2.05) is 0 Å². The number of piperidine rings is 1. The zero-order valence-corrected chi connectivity index (χ0v) is 10.4. The van der Waals surface area contributed by atoms with Gasteiger partial charge in [0, 0.05) is 19.1 Å². The van der Waals surface area contributed by atoms with Gasteiger partial charge in [-0.25, -0.2) is 0 Å². The number of hydrogen-bond acceptors (Lipinski definition) is 3. The zero-order valence-electron chi connectivity index (χ0n) is 10.4. The number of aliphatic hydroxyl groups excluding tert-OH is 1. The largest absolute Gasteiger partial charge is 0.481 e. The van der Waals surface area contributed by atoms with E-state index in [-0.39, 0.29) is 6.42 Å². The van der Waals surface area contributed by atoms with Gasteiger partial charge in [-0.05, 0) is 25.2 Å². The third kappa shape index (κ3) is 3.76. The SMILES string of the molecule is CC1CC(C)C(C)N(CC(O)CC(=O)O)C1. The Bertz CT molecular complexity index is 244. The molecule has 4 nitrogen and oxygen atoms in total. The number of aliphatic carboxylic acids is 1. The van der Waals surface area contributed by atoms with Crippen LogP contribution in [0.15, 0.2) is 0 Å². The molecule has 0 saturated carbocycles. The summed E-state index contributed by atoms with van der Waals surface area (Å²) in [5.74, 6) is 0.308. The molecule has 1 heterocycles. The van der Waals surface area contributed by atoms with E-state index in [0.29, 0.717) is 24.4 Å². The highest BCUT2D eigenvalue weighted by atomic mass is 16.4. The molecule has 0 amide bonds. The number of nitrogens with zero attached hydrogens (tertiary/aromatic N) is 1. The number of β-amino-alcohol motifs (C(OH)–C–C–N with tert-alkyl or cyclic N) is 1. The summed E-state index contributed by atoms with van der Waals surface area (Å²) in [6.45, 7) is 8.02. The van der Waals surface area contributed by atoms with Gasteiger partial charge in [-0.1, -0.05) is 13.8 Å². The number of carboxylic acid groups (broad SMARTS) is 1. The smallest absolute Gasteiger partial charge is 0.306 e. The molecular weight excluding hydrogens is 206 g/mol. The van der Waals surface area contributed by atoms with E-state index in [1.54, 1.807) is 0 Å². The van der Waals surface area contributed by atoms with E-state index in [0.717, 1.165) is 6.54 Å². The highest BCUT2D eigenvalue weighted by Gasteiger charge is 2.30. The zero-order chi connectivity index (χ0) is 12.3. The van der Waals surface area contributed by atoms with Crippen LogP contribution in [0.1, 0.15) is 33.6 Å². The quantitative estimate of drug-likeness (QED) is 0.760. The summed E-state index contributed by atoms with van der Waals surface area (Å²) >= 11 is 0. The molecule has 0 aromatic rings. The lowest BCUT2D eigenvalue weighted by Gasteiger charge is -2.41. The van der Waals surface area contributed by atoms with Gasteiger partial charge in [0.2, 0.25) is 0 Å². The van der Waals surface area contributed by atoms with Gasteiger partial charge in [-0.15, -0.1) is 0 Å². The topological polar surface area (TPSA) is 60.8 Å². The van der Waals surface area contributed by atoms with Crippen molar-refractivity contribution in [2.75, 3.05) is 13.1 Å². The van der Waals surface area contributed by atoms with E-state index >= 15 is 0 Å². The van der Waals surface area contributed by atoms with Crippen LogP contribution in [0.25, 0.3) is 0 Å². The van der Waals surface area contributed by atoms with E-state index in [4.69, 9.17) is 5.11 Å². The van der Waals surface area contributed by atoms with Crippen molar-refractivity contribution in [2.45, 2.75) is 45.8 Å². The average molecular weight is 229 g/mol. The molecule has 1 rings (SSSR count). The molecule has 94 valence electrons. The van der Waals surface area contributed by atoms with Gasteiger partial charge in [0.15, 0.2) is 0 Å². The van der Waals surface area contributed by atoms with Gasteiger partial charge in [0.25, 0.3) is 0 Å². The van der Waals surface area contributed by atoms with Gasteiger partial charge < -0.3 is 10.2 Å². The van der Waals surface area contributed by atoms with Crippen LogP contribution in [0, 0.1) is 11.8 Å². The summed E-state index contributed by atoms with van der Waals surface area (Å²) in [5, 5.41) is 18.2. The highest BCUT2D eigenvalue weighted by molar-refractivity contribution is 5.67. The molecule has 2 N–H and O–H groups in total. The van der Waals surface area contributed by atoms with Crippen molar-refractivity contribution in [2.24, 2.45) is 11.8 Å². The minimum atomic E-state index is -0.932. The lowest BCUT2D eigenvalue weighted by Crippen LogP contribution is -2.48. The number of carbonyl (C=O) groups is 1. The number of aliphatic hydroxyl groups is 1. The third-order valence-corrected chi connectivity index (χ3v) is 3.58. The Balaban J connectivity index is 2.48. The first-order chi connectivity index (χ1) is 7.40. The van der Waals surface area contributed by atoms with E-state index < -0.39 is 12.1 Å². The molecule has 1 fully saturated rings. The van der Waals surface area contributed by atoms with Crippen molar-refractivity contribution in [3.8, 4) is 0 Å². The molecule has 0 aliphatic carbocycles. The second-order valence-corrected chi connectivity index (χ2v) is 5.26. The summed E-state index contributed by atoms with van der Waals surface area (Å²) in [4.78, 5) is 12.7. The van der Waals surface area contributed by atoms with Crippen LogP contribution in [-0.2, 0) is 4.79 Å². The van der Waals surface area contributed by atoms with Crippen molar-refractivity contribution < 1.29 is 15.0 Å². The Morgan fingerprint density at radius 2 is 2.06 bits per heavy atom. The fraction of sp³-hybridized carbons (Fsp3) is 0.917. The maximum absolute atomic E-state index is 10.5. The van der Waals surface area contributed by atoms with Gasteiger partial charge >= 0.3 is 5.97 Å². The van der Waals surface area contributed by atoms with Crippen LogP contribution >= 0.6 is 0 Å². The summed E-state index contributed by atoms with van der Waals surface area (Å²) in [6, 6.07) is 0.430. The predicted molar refractivity (Wildman–Crippen MR) is 62.2 cm³/mol. The summed E-state index contributed by atoms with van der Waals surface area (Å²) < 4.78 is 0. The van der Waals surface area contributed by atoms with Crippen molar-refractivity contribution in [1.29, 1.82) is 0 Å². The second kappa shape index (κ2) is 5.64. The fourth-order valence-electron chi connectivity index (χ4n) is 2.61. The molecule has 0 aromatic carbocycles. The average Bonchev–Trinajstić information content (AvgIpc) is 2.11. The maximum atomic E-state index is 10.5. The maximum Gasteiger partial charge on any atom is 0.306 e. The van der Waals surface area contributed by atoms with Crippen LogP contribution in [0.2, 0.25) is 0 Å².